The minimum Gasteiger partial charge on any atom is -0.481 e. The molecule has 17 heavy (non-hydrogen) atoms. The van der Waals surface area contributed by atoms with Gasteiger partial charge in [0.05, 0.1) is 0 Å². The van der Waals surface area contributed by atoms with Crippen molar-refractivity contribution in [1.29, 1.82) is 0 Å². The highest BCUT2D eigenvalue weighted by Gasteiger charge is 2.22. The SMILES string of the molecule is CC(C)(CNC(=O)CC(=O)O)c1ccccn1. The van der Waals surface area contributed by atoms with Crippen LogP contribution in [0.4, 0.5) is 0 Å². The fourth-order valence-corrected chi connectivity index (χ4v) is 1.37. The average Bonchev–Trinajstić information content (AvgIpc) is 2.27. The summed E-state index contributed by atoms with van der Waals surface area (Å²) in [5, 5.41) is 11.1. The van der Waals surface area contributed by atoms with Gasteiger partial charge in [-0.2, -0.15) is 0 Å². The smallest absolute Gasteiger partial charge is 0.312 e. The molecule has 2 N–H and O–H groups in total. The second-order valence-electron chi connectivity index (χ2n) is 4.45. The van der Waals surface area contributed by atoms with Crippen molar-refractivity contribution in [1.82, 2.24) is 10.3 Å². The molecule has 0 aliphatic carbocycles. The minimum absolute atomic E-state index is 0.324. The number of hydrogen-bond acceptors (Lipinski definition) is 3. The Morgan fingerprint density at radius 2 is 2.12 bits per heavy atom. The summed E-state index contributed by atoms with van der Waals surface area (Å²) >= 11 is 0. The van der Waals surface area contributed by atoms with Gasteiger partial charge >= 0.3 is 5.97 Å². The molecular formula is C12H16N2O3. The van der Waals surface area contributed by atoms with E-state index in [9.17, 15) is 9.59 Å². The number of amides is 1. The molecule has 5 nitrogen and oxygen atoms in total. The third kappa shape index (κ3) is 4.22. The van der Waals surface area contributed by atoms with Gasteiger partial charge in [0.1, 0.15) is 6.42 Å². The number of aromatic nitrogens is 1. The first-order valence-electron chi connectivity index (χ1n) is 5.32. The van der Waals surface area contributed by atoms with Crippen molar-refractivity contribution in [2.24, 2.45) is 0 Å². The Morgan fingerprint density at radius 3 is 2.65 bits per heavy atom. The van der Waals surface area contributed by atoms with Gasteiger partial charge in [-0.15, -0.1) is 0 Å². The number of aliphatic carboxylic acids is 1. The summed E-state index contributed by atoms with van der Waals surface area (Å²) in [6.45, 7) is 4.24. The zero-order valence-corrected chi connectivity index (χ0v) is 9.93. The molecule has 1 heterocycles. The van der Waals surface area contributed by atoms with E-state index in [1.54, 1.807) is 6.20 Å². The summed E-state index contributed by atoms with van der Waals surface area (Å²) in [6, 6.07) is 5.58. The molecule has 0 radical (unpaired) electrons. The summed E-state index contributed by atoms with van der Waals surface area (Å²) in [6.07, 6.45) is 1.19. The molecule has 1 aromatic rings. The van der Waals surface area contributed by atoms with Crippen LogP contribution in [0.3, 0.4) is 0 Å². The topological polar surface area (TPSA) is 79.3 Å². The Balaban J connectivity index is 2.56. The molecule has 0 aliphatic heterocycles. The van der Waals surface area contributed by atoms with Gasteiger partial charge < -0.3 is 10.4 Å². The second-order valence-corrected chi connectivity index (χ2v) is 4.45. The molecular weight excluding hydrogens is 220 g/mol. The van der Waals surface area contributed by atoms with E-state index in [1.807, 2.05) is 32.0 Å². The molecule has 1 amide bonds. The zero-order chi connectivity index (χ0) is 12.9. The Bertz CT molecular complexity index is 401. The van der Waals surface area contributed by atoms with Gasteiger partial charge in [0.15, 0.2) is 0 Å². The van der Waals surface area contributed by atoms with Gasteiger partial charge in [0.25, 0.3) is 0 Å². The predicted molar refractivity (Wildman–Crippen MR) is 62.5 cm³/mol. The van der Waals surface area contributed by atoms with Crippen molar-refractivity contribution in [2.45, 2.75) is 25.7 Å². The highest BCUT2D eigenvalue weighted by atomic mass is 16.4. The van der Waals surface area contributed by atoms with E-state index in [1.165, 1.54) is 0 Å². The molecule has 0 bridgehead atoms. The van der Waals surface area contributed by atoms with Crippen molar-refractivity contribution >= 4 is 11.9 Å². The van der Waals surface area contributed by atoms with Crippen LogP contribution in [0, 0.1) is 0 Å². The lowest BCUT2D eigenvalue weighted by Crippen LogP contribution is -2.37. The van der Waals surface area contributed by atoms with Gasteiger partial charge in [-0.05, 0) is 12.1 Å². The van der Waals surface area contributed by atoms with Crippen molar-refractivity contribution in [2.75, 3.05) is 6.54 Å². The standard InChI is InChI=1S/C12H16N2O3/c1-12(2,9-5-3-4-6-13-9)8-14-10(15)7-11(16)17/h3-6H,7-8H2,1-2H3,(H,14,15)(H,16,17). The summed E-state index contributed by atoms with van der Waals surface area (Å²) in [5.74, 6) is -1.61. The van der Waals surface area contributed by atoms with Crippen LogP contribution in [0.15, 0.2) is 24.4 Å². The Morgan fingerprint density at radius 1 is 1.41 bits per heavy atom. The molecule has 92 valence electrons. The van der Waals surface area contributed by atoms with Crippen LogP contribution in [-0.2, 0) is 15.0 Å². The quantitative estimate of drug-likeness (QED) is 0.746. The van der Waals surface area contributed by atoms with E-state index in [4.69, 9.17) is 5.11 Å². The third-order valence-corrected chi connectivity index (χ3v) is 2.40. The van der Waals surface area contributed by atoms with Crippen molar-refractivity contribution in [3.63, 3.8) is 0 Å². The highest BCUT2D eigenvalue weighted by Crippen LogP contribution is 2.19. The summed E-state index contributed by atoms with van der Waals surface area (Å²) < 4.78 is 0. The number of rotatable bonds is 5. The van der Waals surface area contributed by atoms with Gasteiger partial charge in [-0.3, -0.25) is 14.6 Å². The number of carboxylic acid groups (broad SMARTS) is 1. The molecule has 0 aromatic carbocycles. The van der Waals surface area contributed by atoms with Crippen LogP contribution in [0.25, 0.3) is 0 Å². The molecule has 0 saturated carbocycles. The summed E-state index contributed by atoms with van der Waals surface area (Å²) in [4.78, 5) is 25.8. The molecule has 1 aromatic heterocycles. The Hall–Kier alpha value is -1.91. The molecule has 0 spiro atoms. The molecule has 0 fully saturated rings. The number of hydrogen-bond donors (Lipinski definition) is 2. The fourth-order valence-electron chi connectivity index (χ4n) is 1.37. The monoisotopic (exact) mass is 236 g/mol. The van der Waals surface area contributed by atoms with E-state index in [0.29, 0.717) is 6.54 Å². The molecule has 5 heteroatoms. The van der Waals surface area contributed by atoms with E-state index in [0.717, 1.165) is 5.69 Å². The van der Waals surface area contributed by atoms with Crippen molar-refractivity contribution in [3.8, 4) is 0 Å². The van der Waals surface area contributed by atoms with Gasteiger partial charge in [-0.1, -0.05) is 19.9 Å². The maximum absolute atomic E-state index is 11.2. The minimum atomic E-state index is -1.13. The van der Waals surface area contributed by atoms with E-state index in [-0.39, 0.29) is 5.41 Å². The summed E-state index contributed by atoms with van der Waals surface area (Å²) in [7, 11) is 0. The van der Waals surface area contributed by atoms with E-state index < -0.39 is 18.3 Å². The zero-order valence-electron chi connectivity index (χ0n) is 9.93. The van der Waals surface area contributed by atoms with Crippen LogP contribution < -0.4 is 5.32 Å². The number of nitrogens with one attached hydrogen (secondary N) is 1. The van der Waals surface area contributed by atoms with Crippen molar-refractivity contribution < 1.29 is 14.7 Å². The fraction of sp³-hybridized carbons (Fsp3) is 0.417. The number of pyridine rings is 1. The molecule has 0 aliphatic rings. The van der Waals surface area contributed by atoms with Crippen LogP contribution in [0.1, 0.15) is 26.0 Å². The number of carboxylic acids is 1. The lowest BCUT2D eigenvalue weighted by atomic mass is 9.88. The molecule has 0 saturated heterocycles. The van der Waals surface area contributed by atoms with Crippen LogP contribution >= 0.6 is 0 Å². The lowest BCUT2D eigenvalue weighted by Gasteiger charge is -2.24. The van der Waals surface area contributed by atoms with Crippen LogP contribution in [-0.4, -0.2) is 28.5 Å². The van der Waals surface area contributed by atoms with Gasteiger partial charge in [-0.25, -0.2) is 0 Å². The number of carbonyl (C=O) groups excluding carboxylic acids is 1. The third-order valence-electron chi connectivity index (χ3n) is 2.40. The predicted octanol–water partition coefficient (Wildman–Crippen LogP) is 0.950. The first-order chi connectivity index (χ1) is 7.92. The maximum Gasteiger partial charge on any atom is 0.312 e. The average molecular weight is 236 g/mol. The summed E-state index contributed by atoms with van der Waals surface area (Å²) in [5.41, 5.74) is 0.533. The lowest BCUT2D eigenvalue weighted by molar-refractivity contribution is -0.140. The van der Waals surface area contributed by atoms with Crippen LogP contribution in [0.2, 0.25) is 0 Å². The first-order valence-corrected chi connectivity index (χ1v) is 5.32. The normalized spacial score (nSPS) is 10.9. The van der Waals surface area contributed by atoms with Gasteiger partial charge in [0, 0.05) is 23.9 Å². The number of carbonyl (C=O) groups is 2. The van der Waals surface area contributed by atoms with Gasteiger partial charge in [0.2, 0.25) is 5.91 Å². The first kappa shape index (κ1) is 13.2. The number of nitrogens with zero attached hydrogens (tertiary/aromatic N) is 1. The highest BCUT2D eigenvalue weighted by molar-refractivity contribution is 5.93. The van der Waals surface area contributed by atoms with E-state index in [2.05, 4.69) is 10.3 Å². The molecule has 1 rings (SSSR count). The second kappa shape index (κ2) is 5.43. The van der Waals surface area contributed by atoms with E-state index >= 15 is 0 Å². The molecule has 0 unspecified atom stereocenters. The van der Waals surface area contributed by atoms with Crippen molar-refractivity contribution in [3.05, 3.63) is 30.1 Å². The maximum atomic E-state index is 11.2. The Labute approximate surface area is 99.9 Å². The van der Waals surface area contributed by atoms with Crippen LogP contribution in [0.5, 0.6) is 0 Å². The molecule has 0 atom stereocenters. The largest absolute Gasteiger partial charge is 0.481 e. The Kier molecular flexibility index (Phi) is 4.20.